The van der Waals surface area contributed by atoms with E-state index in [0.29, 0.717) is 17.2 Å². The number of hydrogen-bond donors (Lipinski definition) is 0. The van der Waals surface area contributed by atoms with Crippen LogP contribution in [-0.2, 0) is 16.6 Å². The average molecular weight is 436 g/mol. The van der Waals surface area contributed by atoms with E-state index >= 15 is 0 Å². The molecule has 0 unspecified atom stereocenters. The van der Waals surface area contributed by atoms with Gasteiger partial charge in [-0.15, -0.1) is 0 Å². The summed E-state index contributed by atoms with van der Waals surface area (Å²) in [7, 11) is -1.07. The predicted molar refractivity (Wildman–Crippen MR) is 111 cm³/mol. The number of nitrogens with zero attached hydrogens (tertiary/aromatic N) is 1. The summed E-state index contributed by atoms with van der Waals surface area (Å²) in [6.07, 6.45) is 0. The third kappa shape index (κ3) is 4.46. The quantitative estimate of drug-likeness (QED) is 0.530. The van der Waals surface area contributed by atoms with E-state index in [0.717, 1.165) is 4.31 Å². The van der Waals surface area contributed by atoms with Crippen molar-refractivity contribution in [3.63, 3.8) is 0 Å². The van der Waals surface area contributed by atoms with Crippen LogP contribution in [0.2, 0.25) is 5.02 Å². The minimum atomic E-state index is -4.04. The number of anilines is 1. The van der Waals surface area contributed by atoms with Crippen LogP contribution in [0, 0.1) is 5.82 Å². The molecule has 0 N–H and O–H groups in total. The first-order chi connectivity index (χ1) is 13.9. The van der Waals surface area contributed by atoms with E-state index in [2.05, 4.69) is 0 Å². The van der Waals surface area contributed by atoms with Gasteiger partial charge in [0.25, 0.3) is 10.0 Å². The Morgan fingerprint density at radius 3 is 2.21 bits per heavy atom. The third-order valence-electron chi connectivity index (χ3n) is 4.35. The molecule has 0 saturated carbocycles. The molecule has 0 spiro atoms. The number of hydrogen-bond acceptors (Lipinski definition) is 4. The number of methoxy groups -OCH3 is 2. The number of halogens is 2. The summed E-state index contributed by atoms with van der Waals surface area (Å²) in [6.45, 7) is -0.285. The van der Waals surface area contributed by atoms with Gasteiger partial charge in [0.1, 0.15) is 17.3 Å². The Balaban J connectivity index is 2.13. The molecule has 0 fully saturated rings. The van der Waals surface area contributed by atoms with E-state index in [1.807, 2.05) is 0 Å². The maximum Gasteiger partial charge on any atom is 0.264 e. The number of sulfonamides is 1. The fraction of sp³-hybridized carbons (Fsp3) is 0.143. The fourth-order valence-electron chi connectivity index (χ4n) is 2.78. The van der Waals surface area contributed by atoms with E-state index in [1.165, 1.54) is 44.6 Å². The molecule has 0 aliphatic rings. The van der Waals surface area contributed by atoms with E-state index in [-0.39, 0.29) is 22.0 Å². The van der Waals surface area contributed by atoms with Gasteiger partial charge in [0.05, 0.1) is 31.3 Å². The molecule has 3 aromatic carbocycles. The van der Waals surface area contributed by atoms with Gasteiger partial charge >= 0.3 is 0 Å². The third-order valence-corrected chi connectivity index (χ3v) is 6.49. The van der Waals surface area contributed by atoms with Gasteiger partial charge in [0.2, 0.25) is 0 Å². The zero-order valence-corrected chi connectivity index (χ0v) is 17.4. The summed E-state index contributed by atoms with van der Waals surface area (Å²) in [5, 5.41) is 0.142. The Bertz CT molecular complexity index is 1080. The van der Waals surface area contributed by atoms with Crippen molar-refractivity contribution < 1.29 is 22.3 Å². The highest BCUT2D eigenvalue weighted by Crippen LogP contribution is 2.31. The van der Waals surface area contributed by atoms with Crippen LogP contribution in [0.5, 0.6) is 11.5 Å². The summed E-state index contributed by atoms with van der Waals surface area (Å²) in [6, 6.07) is 16.7. The first-order valence-corrected chi connectivity index (χ1v) is 10.4. The lowest BCUT2D eigenvalue weighted by atomic mass is 10.2. The SMILES string of the molecule is COc1ccc(S(=O)(=O)N(Cc2c(F)cccc2Cl)c2cccc(OC)c2)cc1. The molecule has 0 saturated heterocycles. The van der Waals surface area contributed by atoms with Gasteiger partial charge in [-0.1, -0.05) is 23.7 Å². The van der Waals surface area contributed by atoms with Crippen LogP contribution in [0.15, 0.2) is 71.6 Å². The topological polar surface area (TPSA) is 55.8 Å². The molecule has 0 aliphatic heterocycles. The second-order valence-electron chi connectivity index (χ2n) is 6.09. The zero-order valence-electron chi connectivity index (χ0n) is 15.8. The van der Waals surface area contributed by atoms with Crippen molar-refractivity contribution in [1.29, 1.82) is 0 Å². The Kier molecular flexibility index (Phi) is 6.30. The average Bonchev–Trinajstić information content (AvgIpc) is 2.73. The van der Waals surface area contributed by atoms with Crippen LogP contribution in [0.1, 0.15) is 5.56 Å². The van der Waals surface area contributed by atoms with Crippen LogP contribution in [0.3, 0.4) is 0 Å². The number of rotatable bonds is 7. The van der Waals surface area contributed by atoms with Gasteiger partial charge in [-0.3, -0.25) is 4.31 Å². The summed E-state index contributed by atoms with van der Waals surface area (Å²) < 4.78 is 52.7. The second kappa shape index (κ2) is 8.71. The van der Waals surface area contributed by atoms with E-state index in [1.54, 1.807) is 36.4 Å². The minimum Gasteiger partial charge on any atom is -0.497 e. The molecule has 3 rings (SSSR count). The summed E-state index contributed by atoms with van der Waals surface area (Å²) in [5.74, 6) is 0.404. The standard InChI is InChI=1S/C21H19ClFNO4S/c1-27-16-9-11-18(12-10-16)29(25,26)24(15-5-3-6-17(13-15)28-2)14-19-20(22)7-4-8-21(19)23/h3-13H,14H2,1-2H3. The highest BCUT2D eigenvalue weighted by Gasteiger charge is 2.27. The molecular formula is C21H19ClFNO4S. The monoisotopic (exact) mass is 435 g/mol. The maximum atomic E-state index is 14.4. The van der Waals surface area contributed by atoms with E-state index in [4.69, 9.17) is 21.1 Å². The fourth-order valence-corrected chi connectivity index (χ4v) is 4.43. The molecule has 0 atom stereocenters. The van der Waals surface area contributed by atoms with Crippen molar-refractivity contribution in [2.75, 3.05) is 18.5 Å². The number of ether oxygens (including phenoxy) is 2. The number of benzene rings is 3. The molecular weight excluding hydrogens is 417 g/mol. The minimum absolute atomic E-state index is 0.0357. The molecule has 152 valence electrons. The van der Waals surface area contributed by atoms with Crippen molar-refractivity contribution in [2.24, 2.45) is 0 Å². The summed E-state index contributed by atoms with van der Waals surface area (Å²) >= 11 is 6.15. The van der Waals surface area contributed by atoms with Crippen LogP contribution < -0.4 is 13.8 Å². The van der Waals surface area contributed by atoms with Crippen molar-refractivity contribution in [1.82, 2.24) is 0 Å². The lowest BCUT2D eigenvalue weighted by Crippen LogP contribution is -2.31. The molecule has 3 aromatic rings. The largest absolute Gasteiger partial charge is 0.497 e. The van der Waals surface area contributed by atoms with Crippen LogP contribution in [0.4, 0.5) is 10.1 Å². The lowest BCUT2D eigenvalue weighted by molar-refractivity contribution is 0.414. The molecule has 8 heteroatoms. The Hall–Kier alpha value is -2.77. The van der Waals surface area contributed by atoms with Crippen molar-refractivity contribution >= 4 is 27.3 Å². The highest BCUT2D eigenvalue weighted by molar-refractivity contribution is 7.92. The zero-order chi connectivity index (χ0) is 21.0. The Morgan fingerprint density at radius 1 is 0.931 bits per heavy atom. The van der Waals surface area contributed by atoms with Crippen molar-refractivity contribution in [2.45, 2.75) is 11.4 Å². The van der Waals surface area contributed by atoms with Gasteiger partial charge in [-0.05, 0) is 48.5 Å². The predicted octanol–water partition coefficient (Wildman–Crippen LogP) is 4.89. The lowest BCUT2D eigenvalue weighted by Gasteiger charge is -2.25. The molecule has 0 aromatic heterocycles. The normalized spacial score (nSPS) is 11.2. The molecule has 5 nitrogen and oxygen atoms in total. The van der Waals surface area contributed by atoms with E-state index in [9.17, 15) is 12.8 Å². The van der Waals surface area contributed by atoms with Gasteiger partial charge in [0, 0.05) is 16.7 Å². The maximum absolute atomic E-state index is 14.4. The molecule has 0 heterocycles. The molecule has 0 radical (unpaired) electrons. The molecule has 0 aliphatic carbocycles. The van der Waals surface area contributed by atoms with Gasteiger partial charge in [-0.2, -0.15) is 0 Å². The summed E-state index contributed by atoms with van der Waals surface area (Å²) in [5.41, 5.74) is 0.397. The van der Waals surface area contributed by atoms with Crippen molar-refractivity contribution in [3.8, 4) is 11.5 Å². The smallest absolute Gasteiger partial charge is 0.264 e. The van der Waals surface area contributed by atoms with Crippen LogP contribution in [0.25, 0.3) is 0 Å². The first kappa shape index (κ1) is 21.0. The summed E-state index contributed by atoms with van der Waals surface area (Å²) in [4.78, 5) is 0.0357. The van der Waals surface area contributed by atoms with Gasteiger partial charge < -0.3 is 9.47 Å². The highest BCUT2D eigenvalue weighted by atomic mass is 35.5. The first-order valence-electron chi connectivity index (χ1n) is 8.60. The van der Waals surface area contributed by atoms with Crippen LogP contribution >= 0.6 is 11.6 Å². The second-order valence-corrected chi connectivity index (χ2v) is 8.36. The Labute approximate surface area is 174 Å². The van der Waals surface area contributed by atoms with Gasteiger partial charge in [0.15, 0.2) is 0 Å². The van der Waals surface area contributed by atoms with Crippen LogP contribution in [-0.4, -0.2) is 22.6 Å². The Morgan fingerprint density at radius 2 is 1.59 bits per heavy atom. The van der Waals surface area contributed by atoms with Gasteiger partial charge in [-0.25, -0.2) is 12.8 Å². The molecule has 0 bridgehead atoms. The molecule has 0 amide bonds. The molecule has 29 heavy (non-hydrogen) atoms. The van der Waals surface area contributed by atoms with E-state index < -0.39 is 15.8 Å². The van der Waals surface area contributed by atoms with Crippen molar-refractivity contribution in [3.05, 3.63) is 83.1 Å².